The van der Waals surface area contributed by atoms with E-state index in [0.717, 1.165) is 83.5 Å². The van der Waals surface area contributed by atoms with Crippen LogP contribution in [0.1, 0.15) is 168 Å². The van der Waals surface area contributed by atoms with Gasteiger partial charge < -0.3 is 20.1 Å². The van der Waals surface area contributed by atoms with Crippen molar-refractivity contribution in [1.29, 1.82) is 0 Å². The van der Waals surface area contributed by atoms with Crippen LogP contribution in [0.5, 0.6) is 0 Å². The number of carbonyl (C=O) groups is 2. The number of phosphoric ester groups is 1. The van der Waals surface area contributed by atoms with E-state index >= 15 is 0 Å². The zero-order valence-corrected chi connectivity index (χ0v) is 36.7. The van der Waals surface area contributed by atoms with Crippen LogP contribution in [0.3, 0.4) is 0 Å². The summed E-state index contributed by atoms with van der Waals surface area (Å²) in [6.07, 6.45) is 53.2. The maximum atomic E-state index is 12.6. The van der Waals surface area contributed by atoms with E-state index in [4.69, 9.17) is 24.3 Å². The number of nitrogens with two attached hydrogens (primary N) is 1. The number of hydrogen-bond donors (Lipinski definition) is 2. The molecular formula is C47H80NO8P. The van der Waals surface area contributed by atoms with E-state index in [1.807, 2.05) is 0 Å². The maximum Gasteiger partial charge on any atom is 0.472 e. The van der Waals surface area contributed by atoms with Crippen LogP contribution in [-0.4, -0.2) is 49.3 Å². The minimum absolute atomic E-state index is 0.0426. The minimum Gasteiger partial charge on any atom is -0.462 e. The maximum absolute atomic E-state index is 12.6. The molecule has 0 heterocycles. The Morgan fingerprint density at radius 2 is 0.965 bits per heavy atom. The molecule has 0 rings (SSSR count). The molecule has 0 aliphatic rings. The molecule has 2 unspecified atom stereocenters. The molecule has 0 bridgehead atoms. The van der Waals surface area contributed by atoms with Gasteiger partial charge in [-0.1, -0.05) is 150 Å². The second kappa shape index (κ2) is 42.8. The first-order chi connectivity index (χ1) is 27.8. The Balaban J connectivity index is 4.24. The highest BCUT2D eigenvalue weighted by atomic mass is 31.2. The van der Waals surface area contributed by atoms with Crippen molar-refractivity contribution in [2.24, 2.45) is 5.73 Å². The van der Waals surface area contributed by atoms with Crippen LogP contribution in [0.4, 0.5) is 0 Å². The summed E-state index contributed by atoms with van der Waals surface area (Å²) in [6.45, 7) is 3.53. The predicted molar refractivity (Wildman–Crippen MR) is 238 cm³/mol. The molecule has 9 nitrogen and oxygen atoms in total. The summed E-state index contributed by atoms with van der Waals surface area (Å²) >= 11 is 0. The topological polar surface area (TPSA) is 134 Å². The van der Waals surface area contributed by atoms with Gasteiger partial charge in [-0.25, -0.2) is 4.57 Å². The molecule has 326 valence electrons. The van der Waals surface area contributed by atoms with Gasteiger partial charge in [0.25, 0.3) is 0 Å². The summed E-state index contributed by atoms with van der Waals surface area (Å²) in [7, 11) is -4.39. The lowest BCUT2D eigenvalue weighted by atomic mass is 10.1. The van der Waals surface area contributed by atoms with Crippen LogP contribution in [-0.2, 0) is 32.7 Å². The number of unbranched alkanes of at least 4 members (excludes halogenated alkanes) is 13. The summed E-state index contributed by atoms with van der Waals surface area (Å²) in [5.74, 6) is -0.883. The first kappa shape index (κ1) is 54.2. The number of esters is 2. The lowest BCUT2D eigenvalue weighted by Gasteiger charge is -2.19. The van der Waals surface area contributed by atoms with Crippen molar-refractivity contribution in [3.8, 4) is 0 Å². The molecule has 10 heteroatoms. The molecule has 2 atom stereocenters. The molecule has 0 aromatic heterocycles. The summed E-state index contributed by atoms with van der Waals surface area (Å²) in [4.78, 5) is 34.9. The number of carbonyl (C=O) groups excluding carboxylic acids is 2. The van der Waals surface area contributed by atoms with Crippen LogP contribution in [0.2, 0.25) is 0 Å². The first-order valence-electron chi connectivity index (χ1n) is 22.1. The van der Waals surface area contributed by atoms with E-state index in [1.54, 1.807) is 0 Å². The van der Waals surface area contributed by atoms with Gasteiger partial charge in [0.15, 0.2) is 6.10 Å². The molecule has 0 aromatic rings. The van der Waals surface area contributed by atoms with E-state index in [2.05, 4.69) is 98.9 Å². The van der Waals surface area contributed by atoms with E-state index in [-0.39, 0.29) is 32.6 Å². The first-order valence-corrected chi connectivity index (χ1v) is 23.6. The molecule has 0 saturated carbocycles. The Hall–Kier alpha value is -2.81. The lowest BCUT2D eigenvalue weighted by molar-refractivity contribution is -0.161. The molecule has 0 radical (unpaired) electrons. The number of ether oxygens (including phenoxy) is 2. The molecule has 0 amide bonds. The van der Waals surface area contributed by atoms with E-state index in [1.165, 1.54) is 44.9 Å². The number of rotatable bonds is 40. The third kappa shape index (κ3) is 42.6. The monoisotopic (exact) mass is 818 g/mol. The quantitative estimate of drug-likeness (QED) is 0.0268. The summed E-state index contributed by atoms with van der Waals surface area (Å²) in [5.41, 5.74) is 5.35. The predicted octanol–water partition coefficient (Wildman–Crippen LogP) is 12.8. The highest BCUT2D eigenvalue weighted by Gasteiger charge is 2.26. The van der Waals surface area contributed by atoms with Crippen LogP contribution in [0, 0.1) is 0 Å². The second-order valence-corrected chi connectivity index (χ2v) is 15.6. The average Bonchev–Trinajstić information content (AvgIpc) is 3.20. The molecule has 57 heavy (non-hydrogen) atoms. The zero-order valence-electron chi connectivity index (χ0n) is 35.8. The summed E-state index contributed by atoms with van der Waals surface area (Å²) in [6, 6.07) is 0. The van der Waals surface area contributed by atoms with Gasteiger partial charge in [0.2, 0.25) is 0 Å². The van der Waals surface area contributed by atoms with Crippen LogP contribution < -0.4 is 5.73 Å². The molecule has 3 N–H and O–H groups in total. The van der Waals surface area contributed by atoms with Crippen molar-refractivity contribution in [1.82, 2.24) is 0 Å². The van der Waals surface area contributed by atoms with E-state index < -0.39 is 32.5 Å². The van der Waals surface area contributed by atoms with Gasteiger partial charge in [-0.05, 0) is 89.9 Å². The fourth-order valence-corrected chi connectivity index (χ4v) is 6.28. The molecular weight excluding hydrogens is 737 g/mol. The van der Waals surface area contributed by atoms with Gasteiger partial charge in [-0.15, -0.1) is 0 Å². The fraction of sp³-hybridized carbons (Fsp3) is 0.660. The van der Waals surface area contributed by atoms with E-state index in [9.17, 15) is 19.0 Å². The molecule has 0 aliphatic heterocycles. The molecule has 0 aliphatic carbocycles. The third-order valence-corrected chi connectivity index (χ3v) is 9.75. The van der Waals surface area contributed by atoms with E-state index in [0.29, 0.717) is 12.8 Å². The average molecular weight is 818 g/mol. The second-order valence-electron chi connectivity index (χ2n) is 14.2. The molecule has 0 fully saturated rings. The summed E-state index contributed by atoms with van der Waals surface area (Å²) < 4.78 is 32.8. The molecule has 0 spiro atoms. The third-order valence-electron chi connectivity index (χ3n) is 8.77. The number of phosphoric acid groups is 1. The lowest BCUT2D eigenvalue weighted by Crippen LogP contribution is -2.29. The Labute approximate surface area is 347 Å². The Morgan fingerprint density at radius 1 is 0.544 bits per heavy atom. The van der Waals surface area contributed by atoms with Gasteiger partial charge in [0, 0.05) is 19.4 Å². The van der Waals surface area contributed by atoms with Gasteiger partial charge in [-0.2, -0.15) is 0 Å². The van der Waals surface area contributed by atoms with Crippen molar-refractivity contribution in [2.75, 3.05) is 26.4 Å². The van der Waals surface area contributed by atoms with Crippen LogP contribution in [0.25, 0.3) is 0 Å². The standard InChI is InChI=1S/C47H80NO8P/c1-3-5-7-9-11-13-15-17-19-21-22-24-25-27-29-31-33-35-37-39-46(49)53-43-45(44-55-57(51,52)54-42-41-48)56-47(50)40-38-36-34-32-30-28-26-23-20-18-16-14-12-10-8-6-4-2/h5,7,11-14,17-20,22,24,27,29,45H,3-4,6,8-10,15-16,21,23,25-26,28,30-44,48H2,1-2H3,(H,51,52). The van der Waals surface area contributed by atoms with Crippen molar-refractivity contribution < 1.29 is 37.6 Å². The fourth-order valence-electron chi connectivity index (χ4n) is 5.51. The highest BCUT2D eigenvalue weighted by Crippen LogP contribution is 2.43. The normalized spacial score (nSPS) is 14.1. The van der Waals surface area contributed by atoms with Crippen LogP contribution in [0.15, 0.2) is 85.1 Å². The Kier molecular flexibility index (Phi) is 40.7. The molecule has 0 aromatic carbocycles. The number of allylic oxidation sites excluding steroid dienone is 14. The molecule has 0 saturated heterocycles. The van der Waals surface area contributed by atoms with Gasteiger partial charge >= 0.3 is 19.8 Å². The van der Waals surface area contributed by atoms with Crippen molar-refractivity contribution in [3.05, 3.63) is 85.1 Å². The van der Waals surface area contributed by atoms with Crippen molar-refractivity contribution in [2.45, 2.75) is 174 Å². The van der Waals surface area contributed by atoms with Gasteiger partial charge in [-0.3, -0.25) is 18.6 Å². The Morgan fingerprint density at radius 3 is 1.46 bits per heavy atom. The van der Waals surface area contributed by atoms with Gasteiger partial charge in [0.1, 0.15) is 6.61 Å². The highest BCUT2D eigenvalue weighted by molar-refractivity contribution is 7.47. The van der Waals surface area contributed by atoms with Crippen LogP contribution >= 0.6 is 7.82 Å². The van der Waals surface area contributed by atoms with Gasteiger partial charge in [0.05, 0.1) is 13.2 Å². The zero-order chi connectivity index (χ0) is 41.8. The number of hydrogen-bond acceptors (Lipinski definition) is 8. The van der Waals surface area contributed by atoms with Crippen molar-refractivity contribution in [3.63, 3.8) is 0 Å². The smallest absolute Gasteiger partial charge is 0.462 e. The largest absolute Gasteiger partial charge is 0.472 e. The Bertz CT molecular complexity index is 1210. The minimum atomic E-state index is -4.39. The SMILES string of the molecule is CCC=CCC=CCC=CCC=CCC=CCCCCCC(=O)OCC(COP(=O)(O)OCCN)OC(=O)CCCCCCCCCC=CCC=CCCCCC. The van der Waals surface area contributed by atoms with Crippen molar-refractivity contribution >= 4 is 19.8 Å². The summed E-state index contributed by atoms with van der Waals surface area (Å²) in [5, 5.41) is 0.